The highest BCUT2D eigenvalue weighted by molar-refractivity contribution is 6.31. The SMILES string of the molecule is CC(C)(C)N=C1NC(=Cc2ccccc2)C(=O)N1c1ccc(Cl)cc1. The van der Waals surface area contributed by atoms with Crippen LogP contribution in [0.1, 0.15) is 26.3 Å². The third kappa shape index (κ3) is 4.09. The van der Waals surface area contributed by atoms with Crippen LogP contribution in [0.25, 0.3) is 6.08 Å². The van der Waals surface area contributed by atoms with Crippen molar-refractivity contribution in [2.24, 2.45) is 4.99 Å². The Morgan fingerprint density at radius 2 is 1.68 bits per heavy atom. The molecule has 4 nitrogen and oxygen atoms in total. The lowest BCUT2D eigenvalue weighted by Gasteiger charge is -2.19. The minimum Gasteiger partial charge on any atom is -0.321 e. The van der Waals surface area contributed by atoms with Crippen molar-refractivity contribution >= 4 is 35.2 Å². The molecule has 1 heterocycles. The molecular formula is C20H20ClN3O. The lowest BCUT2D eigenvalue weighted by molar-refractivity contribution is -0.113. The van der Waals surface area contributed by atoms with Crippen molar-refractivity contribution in [1.82, 2.24) is 5.32 Å². The Hall–Kier alpha value is -2.59. The highest BCUT2D eigenvalue weighted by Gasteiger charge is 2.34. The van der Waals surface area contributed by atoms with E-state index in [-0.39, 0.29) is 11.4 Å². The van der Waals surface area contributed by atoms with Crippen molar-refractivity contribution in [3.8, 4) is 0 Å². The lowest BCUT2D eigenvalue weighted by Crippen LogP contribution is -2.34. The van der Waals surface area contributed by atoms with Crippen molar-refractivity contribution in [3.05, 3.63) is 70.9 Å². The normalized spacial score (nSPS) is 18.1. The smallest absolute Gasteiger partial charge is 0.281 e. The number of hydrogen-bond acceptors (Lipinski definition) is 2. The molecule has 2 aromatic rings. The van der Waals surface area contributed by atoms with E-state index in [2.05, 4.69) is 10.3 Å². The van der Waals surface area contributed by atoms with E-state index in [1.165, 1.54) is 0 Å². The monoisotopic (exact) mass is 353 g/mol. The Morgan fingerprint density at radius 1 is 1.04 bits per heavy atom. The molecule has 0 spiro atoms. The van der Waals surface area contributed by atoms with Gasteiger partial charge in [0, 0.05) is 5.02 Å². The summed E-state index contributed by atoms with van der Waals surface area (Å²) in [5.74, 6) is 0.371. The van der Waals surface area contributed by atoms with E-state index < -0.39 is 0 Å². The molecule has 0 atom stereocenters. The Kier molecular flexibility index (Phi) is 4.64. The zero-order valence-electron chi connectivity index (χ0n) is 14.5. The van der Waals surface area contributed by atoms with Gasteiger partial charge < -0.3 is 5.32 Å². The fourth-order valence-corrected chi connectivity index (χ4v) is 2.61. The van der Waals surface area contributed by atoms with Gasteiger partial charge in [-0.3, -0.25) is 4.79 Å². The van der Waals surface area contributed by atoms with Crippen LogP contribution in [0.2, 0.25) is 5.02 Å². The van der Waals surface area contributed by atoms with Gasteiger partial charge >= 0.3 is 0 Å². The van der Waals surface area contributed by atoms with Crippen LogP contribution in [-0.4, -0.2) is 17.4 Å². The van der Waals surface area contributed by atoms with E-state index in [1.54, 1.807) is 17.0 Å². The predicted octanol–water partition coefficient (Wildman–Crippen LogP) is 4.47. The molecule has 0 aliphatic carbocycles. The molecule has 1 aliphatic rings. The summed E-state index contributed by atoms with van der Waals surface area (Å²) in [4.78, 5) is 19.2. The zero-order chi connectivity index (χ0) is 18.0. The second-order valence-electron chi connectivity index (χ2n) is 6.82. The number of benzene rings is 2. The molecule has 2 aromatic carbocycles. The number of hydrogen-bond donors (Lipinski definition) is 1. The molecule has 25 heavy (non-hydrogen) atoms. The second-order valence-corrected chi connectivity index (χ2v) is 7.25. The second kappa shape index (κ2) is 6.73. The Labute approximate surface area is 152 Å². The van der Waals surface area contributed by atoms with Crippen LogP contribution in [-0.2, 0) is 4.79 Å². The summed E-state index contributed by atoms with van der Waals surface area (Å²) in [5.41, 5.74) is 1.84. The molecule has 0 bridgehead atoms. The number of aliphatic imine (C=N–C) groups is 1. The van der Waals surface area contributed by atoms with Crippen LogP contribution >= 0.6 is 11.6 Å². The van der Waals surface area contributed by atoms with Gasteiger partial charge in [-0.05, 0) is 56.7 Å². The maximum Gasteiger partial charge on any atom is 0.281 e. The molecule has 0 aromatic heterocycles. The first-order valence-corrected chi connectivity index (χ1v) is 8.45. The number of halogens is 1. The maximum atomic E-state index is 13.0. The average Bonchev–Trinajstić information content (AvgIpc) is 2.83. The molecule has 1 saturated heterocycles. The molecule has 0 saturated carbocycles. The van der Waals surface area contributed by atoms with E-state index in [1.807, 2.05) is 69.3 Å². The summed E-state index contributed by atoms with van der Waals surface area (Å²) in [5, 5.41) is 3.79. The predicted molar refractivity (Wildman–Crippen MR) is 104 cm³/mol. The van der Waals surface area contributed by atoms with Gasteiger partial charge in [-0.15, -0.1) is 0 Å². The van der Waals surface area contributed by atoms with Crippen molar-refractivity contribution in [2.75, 3.05) is 4.90 Å². The Morgan fingerprint density at radius 3 is 2.28 bits per heavy atom. The number of rotatable bonds is 2. The number of amides is 1. The molecule has 1 aliphatic heterocycles. The molecule has 1 fully saturated rings. The molecule has 128 valence electrons. The van der Waals surface area contributed by atoms with Gasteiger partial charge in [-0.1, -0.05) is 41.9 Å². The maximum absolute atomic E-state index is 13.0. The third-order valence-corrected chi connectivity index (χ3v) is 3.78. The topological polar surface area (TPSA) is 44.7 Å². The molecule has 0 radical (unpaired) electrons. The average molecular weight is 354 g/mol. The van der Waals surface area contributed by atoms with Gasteiger partial charge in [0.25, 0.3) is 5.91 Å². The van der Waals surface area contributed by atoms with Crippen LogP contribution in [0.4, 0.5) is 5.69 Å². The minimum absolute atomic E-state index is 0.144. The molecule has 3 rings (SSSR count). The third-order valence-electron chi connectivity index (χ3n) is 3.53. The van der Waals surface area contributed by atoms with Crippen LogP contribution in [0, 0.1) is 0 Å². The van der Waals surface area contributed by atoms with Crippen molar-refractivity contribution in [2.45, 2.75) is 26.3 Å². The van der Waals surface area contributed by atoms with E-state index >= 15 is 0 Å². The number of anilines is 1. The summed E-state index contributed by atoms with van der Waals surface area (Å²) in [6.45, 7) is 5.97. The van der Waals surface area contributed by atoms with E-state index in [0.717, 1.165) is 11.3 Å². The highest BCUT2D eigenvalue weighted by Crippen LogP contribution is 2.25. The summed E-state index contributed by atoms with van der Waals surface area (Å²) in [6, 6.07) is 16.9. The first-order chi connectivity index (χ1) is 11.8. The summed E-state index contributed by atoms with van der Waals surface area (Å²) in [7, 11) is 0. The molecule has 0 unspecified atom stereocenters. The number of carbonyl (C=O) groups excluding carboxylic acids is 1. The highest BCUT2D eigenvalue weighted by atomic mass is 35.5. The fraction of sp³-hybridized carbons (Fsp3) is 0.200. The zero-order valence-corrected chi connectivity index (χ0v) is 15.2. The number of carbonyl (C=O) groups is 1. The minimum atomic E-state index is -0.324. The van der Waals surface area contributed by atoms with Crippen molar-refractivity contribution in [1.29, 1.82) is 0 Å². The number of nitrogens with zero attached hydrogens (tertiary/aromatic N) is 2. The van der Waals surface area contributed by atoms with Crippen LogP contribution in [0.3, 0.4) is 0 Å². The van der Waals surface area contributed by atoms with Gasteiger partial charge in [-0.25, -0.2) is 9.89 Å². The van der Waals surface area contributed by atoms with E-state index in [4.69, 9.17) is 11.6 Å². The molecule has 5 heteroatoms. The van der Waals surface area contributed by atoms with Gasteiger partial charge in [0.05, 0.1) is 11.2 Å². The van der Waals surface area contributed by atoms with Gasteiger partial charge in [0.1, 0.15) is 5.70 Å². The summed E-state index contributed by atoms with van der Waals surface area (Å²) < 4.78 is 0. The van der Waals surface area contributed by atoms with Gasteiger partial charge in [-0.2, -0.15) is 0 Å². The quantitative estimate of drug-likeness (QED) is 0.809. The van der Waals surface area contributed by atoms with Crippen molar-refractivity contribution in [3.63, 3.8) is 0 Å². The fourth-order valence-electron chi connectivity index (χ4n) is 2.49. The molecule has 1 N–H and O–H groups in total. The van der Waals surface area contributed by atoms with E-state index in [9.17, 15) is 4.79 Å². The number of nitrogens with one attached hydrogen (secondary N) is 1. The van der Waals surface area contributed by atoms with Crippen LogP contribution in [0.15, 0.2) is 65.3 Å². The Bertz CT molecular complexity index is 833. The van der Waals surface area contributed by atoms with Crippen molar-refractivity contribution < 1.29 is 4.79 Å². The standard InChI is InChI=1S/C20H20ClN3O/c1-20(2,3)23-19-22-17(13-14-7-5-4-6-8-14)18(25)24(19)16-11-9-15(21)10-12-16/h4-13H,1-3H3,(H,22,23). The van der Waals surface area contributed by atoms with E-state index in [0.29, 0.717) is 16.7 Å². The lowest BCUT2D eigenvalue weighted by atomic mass is 10.1. The Balaban J connectivity index is 2.04. The molecule has 1 amide bonds. The number of guanidine groups is 1. The van der Waals surface area contributed by atoms with Gasteiger partial charge in [0.2, 0.25) is 5.96 Å². The first-order valence-electron chi connectivity index (χ1n) is 8.07. The first kappa shape index (κ1) is 17.2. The largest absolute Gasteiger partial charge is 0.321 e. The molecular weight excluding hydrogens is 334 g/mol. The summed E-state index contributed by atoms with van der Waals surface area (Å²) in [6.07, 6.45) is 1.83. The summed E-state index contributed by atoms with van der Waals surface area (Å²) >= 11 is 5.97. The van der Waals surface area contributed by atoms with Crippen LogP contribution < -0.4 is 10.2 Å². The van der Waals surface area contributed by atoms with Gasteiger partial charge in [0.15, 0.2) is 0 Å². The van der Waals surface area contributed by atoms with Crippen LogP contribution in [0.5, 0.6) is 0 Å².